The highest BCUT2D eigenvalue weighted by molar-refractivity contribution is 5.95. The van der Waals surface area contributed by atoms with Gasteiger partial charge in [0.15, 0.2) is 6.10 Å². The van der Waals surface area contributed by atoms with Crippen molar-refractivity contribution in [2.75, 3.05) is 5.32 Å². The second kappa shape index (κ2) is 7.14. The Bertz CT molecular complexity index is 799. The van der Waals surface area contributed by atoms with E-state index in [2.05, 4.69) is 5.32 Å². The molecule has 7 nitrogen and oxygen atoms in total. The number of nitro benzene ring substituents is 1. The van der Waals surface area contributed by atoms with Gasteiger partial charge in [0.25, 0.3) is 5.91 Å². The molecule has 4 aliphatic rings. The average Bonchev–Trinajstić information content (AvgIpc) is 2.62. The van der Waals surface area contributed by atoms with Crippen LogP contribution in [0, 0.1) is 45.5 Å². The number of esters is 1. The smallest absolute Gasteiger partial charge is 0.310 e. The first-order valence-corrected chi connectivity index (χ1v) is 9.77. The van der Waals surface area contributed by atoms with E-state index in [1.165, 1.54) is 19.4 Å². The number of carbonyl (C=O) groups excluding carboxylic acids is 2. The van der Waals surface area contributed by atoms with Gasteiger partial charge in [-0.2, -0.15) is 4.39 Å². The fourth-order valence-electron chi connectivity index (χ4n) is 5.59. The quantitative estimate of drug-likeness (QED) is 0.470. The van der Waals surface area contributed by atoms with Crippen LogP contribution in [0.2, 0.25) is 0 Å². The van der Waals surface area contributed by atoms with E-state index in [0.717, 1.165) is 49.7 Å². The van der Waals surface area contributed by atoms with Gasteiger partial charge in [0, 0.05) is 11.8 Å². The number of halogens is 1. The van der Waals surface area contributed by atoms with Gasteiger partial charge in [-0.05, 0) is 74.8 Å². The van der Waals surface area contributed by atoms with Crippen LogP contribution in [-0.2, 0) is 14.3 Å². The summed E-state index contributed by atoms with van der Waals surface area (Å²) in [5, 5.41) is 13.3. The van der Waals surface area contributed by atoms with Crippen LogP contribution in [-0.4, -0.2) is 22.9 Å². The van der Waals surface area contributed by atoms with Gasteiger partial charge in [0.05, 0.1) is 10.8 Å². The lowest BCUT2D eigenvalue weighted by molar-refractivity contribution is -0.387. The van der Waals surface area contributed by atoms with Crippen molar-refractivity contribution in [3.05, 3.63) is 34.1 Å². The van der Waals surface area contributed by atoms with Crippen LogP contribution in [0.3, 0.4) is 0 Å². The molecule has 4 bridgehead atoms. The molecule has 0 aliphatic heterocycles. The van der Waals surface area contributed by atoms with Gasteiger partial charge in [0.2, 0.25) is 5.82 Å². The van der Waals surface area contributed by atoms with Crippen molar-refractivity contribution < 1.29 is 23.6 Å². The van der Waals surface area contributed by atoms with Crippen LogP contribution in [0.25, 0.3) is 0 Å². The zero-order valence-corrected chi connectivity index (χ0v) is 15.6. The highest BCUT2D eigenvalue weighted by Crippen LogP contribution is 2.56. The SMILES string of the molecule is C[C@@H](OC(=O)C1C2CC3CC(C2)CC1C3)C(=O)Nc1ccc(F)c([N+](=O)[O-])c1. The Morgan fingerprint density at radius 1 is 1.18 bits per heavy atom. The van der Waals surface area contributed by atoms with Crippen LogP contribution < -0.4 is 5.32 Å². The Labute approximate surface area is 161 Å². The number of ether oxygens (including phenoxy) is 1. The predicted molar refractivity (Wildman–Crippen MR) is 97.8 cm³/mol. The molecule has 5 rings (SSSR count). The minimum Gasteiger partial charge on any atom is -0.452 e. The number of nitro groups is 1. The minimum atomic E-state index is -1.03. The van der Waals surface area contributed by atoms with Crippen molar-refractivity contribution >= 4 is 23.3 Å². The summed E-state index contributed by atoms with van der Waals surface area (Å²) < 4.78 is 18.9. The summed E-state index contributed by atoms with van der Waals surface area (Å²) in [6.45, 7) is 1.47. The zero-order valence-electron chi connectivity index (χ0n) is 15.6. The molecular weight excluding hydrogens is 367 g/mol. The average molecular weight is 390 g/mol. The number of anilines is 1. The maximum atomic E-state index is 13.4. The van der Waals surface area contributed by atoms with Crippen LogP contribution >= 0.6 is 0 Å². The standard InChI is InChI=1S/C20H23FN2O5/c1-10(19(24)22-15-2-3-16(21)17(9-15)23(26)27)28-20(25)18-13-5-11-4-12(7-13)8-14(18)6-11/h2-3,9-14,18H,4-8H2,1H3,(H,22,24)/t10-,11?,12?,13?,14?,18?/m1/s1. The largest absolute Gasteiger partial charge is 0.452 e. The topological polar surface area (TPSA) is 98.5 Å². The Hall–Kier alpha value is -2.51. The van der Waals surface area contributed by atoms with Gasteiger partial charge in [-0.1, -0.05) is 0 Å². The van der Waals surface area contributed by atoms with E-state index in [0.29, 0.717) is 11.8 Å². The lowest BCUT2D eigenvalue weighted by Gasteiger charge is -2.53. The fourth-order valence-corrected chi connectivity index (χ4v) is 5.59. The van der Waals surface area contributed by atoms with Crippen molar-refractivity contribution in [2.24, 2.45) is 29.6 Å². The van der Waals surface area contributed by atoms with Crippen LogP contribution in [0.5, 0.6) is 0 Å². The van der Waals surface area contributed by atoms with Crippen molar-refractivity contribution in [3.8, 4) is 0 Å². The molecule has 0 radical (unpaired) electrons. The van der Waals surface area contributed by atoms with Crippen LogP contribution in [0.15, 0.2) is 18.2 Å². The van der Waals surface area contributed by atoms with E-state index in [1.807, 2.05) is 0 Å². The second-order valence-electron chi connectivity index (χ2n) is 8.45. The molecule has 1 N–H and O–H groups in total. The molecule has 150 valence electrons. The first-order chi connectivity index (χ1) is 13.3. The van der Waals surface area contributed by atoms with Gasteiger partial charge in [-0.3, -0.25) is 19.7 Å². The Morgan fingerprint density at radius 3 is 2.36 bits per heavy atom. The summed E-state index contributed by atoms with van der Waals surface area (Å²) in [5.74, 6) is 0.166. The summed E-state index contributed by atoms with van der Waals surface area (Å²) in [4.78, 5) is 35.1. The second-order valence-corrected chi connectivity index (χ2v) is 8.45. The maximum Gasteiger partial charge on any atom is 0.310 e. The van der Waals surface area contributed by atoms with Crippen molar-refractivity contribution in [1.82, 2.24) is 0 Å². The van der Waals surface area contributed by atoms with Gasteiger partial charge >= 0.3 is 11.7 Å². The molecule has 0 spiro atoms. The first kappa shape index (κ1) is 18.8. The summed E-state index contributed by atoms with van der Waals surface area (Å²) in [6, 6.07) is 3.09. The number of nitrogens with zero attached hydrogens (tertiary/aromatic N) is 1. The number of hydrogen-bond acceptors (Lipinski definition) is 5. The van der Waals surface area contributed by atoms with E-state index in [4.69, 9.17) is 4.74 Å². The molecule has 8 heteroatoms. The van der Waals surface area contributed by atoms with E-state index in [1.54, 1.807) is 0 Å². The monoisotopic (exact) mass is 390 g/mol. The zero-order chi connectivity index (χ0) is 20.0. The highest BCUT2D eigenvalue weighted by Gasteiger charge is 2.51. The molecule has 1 atom stereocenters. The summed E-state index contributed by atoms with van der Waals surface area (Å²) in [7, 11) is 0. The van der Waals surface area contributed by atoms with Gasteiger partial charge in [-0.15, -0.1) is 0 Å². The number of rotatable bonds is 5. The normalized spacial score (nSPS) is 31.3. The molecule has 1 amide bonds. The van der Waals surface area contributed by atoms with E-state index in [9.17, 15) is 24.1 Å². The number of hydrogen-bond donors (Lipinski definition) is 1. The highest BCUT2D eigenvalue weighted by atomic mass is 19.1. The van der Waals surface area contributed by atoms with E-state index >= 15 is 0 Å². The van der Waals surface area contributed by atoms with Crippen molar-refractivity contribution in [3.63, 3.8) is 0 Å². The number of benzene rings is 1. The molecule has 28 heavy (non-hydrogen) atoms. The molecule has 0 heterocycles. The molecule has 1 aromatic rings. The third kappa shape index (κ3) is 3.47. The molecule has 0 aromatic heterocycles. The third-order valence-corrected chi connectivity index (χ3v) is 6.57. The molecule has 1 aromatic carbocycles. The maximum absolute atomic E-state index is 13.4. The lowest BCUT2D eigenvalue weighted by Crippen LogP contribution is -2.49. The minimum absolute atomic E-state index is 0.0793. The van der Waals surface area contributed by atoms with Crippen molar-refractivity contribution in [1.29, 1.82) is 0 Å². The number of nitrogens with one attached hydrogen (secondary N) is 1. The molecule has 4 aliphatic carbocycles. The van der Waals surface area contributed by atoms with Gasteiger partial charge < -0.3 is 10.1 Å². The summed E-state index contributed by atoms with van der Waals surface area (Å²) >= 11 is 0. The summed E-state index contributed by atoms with van der Waals surface area (Å²) in [5.41, 5.74) is -0.647. The number of carbonyl (C=O) groups is 2. The van der Waals surface area contributed by atoms with Crippen LogP contribution in [0.1, 0.15) is 39.0 Å². The third-order valence-electron chi connectivity index (χ3n) is 6.57. The fraction of sp³-hybridized carbons (Fsp3) is 0.600. The predicted octanol–water partition coefficient (Wildman–Crippen LogP) is 3.68. The molecular formula is C20H23FN2O5. The van der Waals surface area contributed by atoms with E-state index in [-0.39, 0.29) is 17.6 Å². The lowest BCUT2D eigenvalue weighted by atomic mass is 9.52. The Balaban J connectivity index is 1.38. The molecule has 0 unspecified atom stereocenters. The Kier molecular flexibility index (Phi) is 4.81. The van der Waals surface area contributed by atoms with Crippen molar-refractivity contribution in [2.45, 2.75) is 45.1 Å². The molecule has 4 saturated carbocycles. The van der Waals surface area contributed by atoms with Gasteiger partial charge in [0.1, 0.15) is 0 Å². The molecule has 4 fully saturated rings. The molecule has 0 saturated heterocycles. The summed E-state index contributed by atoms with van der Waals surface area (Å²) in [6.07, 6.45) is 4.56. The van der Waals surface area contributed by atoms with Gasteiger partial charge in [-0.25, -0.2) is 0 Å². The van der Waals surface area contributed by atoms with E-state index < -0.39 is 28.4 Å². The number of amides is 1. The van der Waals surface area contributed by atoms with Crippen LogP contribution in [0.4, 0.5) is 15.8 Å². The first-order valence-electron chi connectivity index (χ1n) is 9.77. The Morgan fingerprint density at radius 2 is 1.79 bits per heavy atom.